The normalized spacial score (nSPS) is 16.0. The van der Waals surface area contributed by atoms with Gasteiger partial charge in [0.25, 0.3) is 12.4 Å². The summed E-state index contributed by atoms with van der Waals surface area (Å²) >= 11 is 0. The van der Waals surface area contributed by atoms with Crippen LogP contribution in [0.4, 0.5) is 24.7 Å². The number of carbonyl (C=O) groups is 3. The number of nitriles is 1. The average Bonchev–Trinajstić information content (AvgIpc) is 3.61. The molecule has 1 aliphatic rings. The number of fused-ring (bicyclic) bond motifs is 1. The highest BCUT2D eigenvalue weighted by Crippen LogP contribution is 2.38. The number of imidazole rings is 1. The first-order valence-electron chi connectivity index (χ1n) is 13.7. The molecule has 3 heterocycles. The lowest BCUT2D eigenvalue weighted by molar-refractivity contribution is -0.141. The van der Waals surface area contributed by atoms with Crippen molar-refractivity contribution < 1.29 is 32.3 Å². The van der Waals surface area contributed by atoms with Crippen LogP contribution in [0.2, 0.25) is 0 Å². The first-order valence-corrected chi connectivity index (χ1v) is 13.7. The smallest absolute Gasteiger partial charge is 0.426 e. The van der Waals surface area contributed by atoms with Crippen LogP contribution in [0.3, 0.4) is 0 Å². The molecule has 0 radical (unpaired) electrons. The number of ether oxygens (including phenoxy) is 1. The van der Waals surface area contributed by atoms with Crippen LogP contribution in [-0.2, 0) is 28.7 Å². The number of carbonyl (C=O) groups excluding carboxylic acids is 3. The summed E-state index contributed by atoms with van der Waals surface area (Å²) in [5, 5.41) is 20.8. The van der Waals surface area contributed by atoms with Gasteiger partial charge in [-0.2, -0.15) is 23.5 Å². The van der Waals surface area contributed by atoms with E-state index in [0.29, 0.717) is 18.4 Å². The molecule has 2 amide bonds. The van der Waals surface area contributed by atoms with Gasteiger partial charge in [0, 0.05) is 41.8 Å². The number of aromatic nitrogens is 5. The second-order valence-corrected chi connectivity index (χ2v) is 10.2. The summed E-state index contributed by atoms with van der Waals surface area (Å²) in [6.07, 6.45) is 1.87. The van der Waals surface area contributed by atoms with E-state index in [0.717, 1.165) is 10.9 Å². The summed E-state index contributed by atoms with van der Waals surface area (Å²) < 4.78 is 48.9. The number of benzene rings is 1. The zero-order chi connectivity index (χ0) is 32.3. The first-order chi connectivity index (χ1) is 21.5. The number of amides is 2. The predicted octanol–water partition coefficient (Wildman–Crippen LogP) is 2.31. The third kappa shape index (κ3) is 6.40. The molecule has 0 bridgehead atoms. The first kappa shape index (κ1) is 30.9. The van der Waals surface area contributed by atoms with E-state index >= 15 is 0 Å². The van der Waals surface area contributed by atoms with Crippen LogP contribution in [0.5, 0.6) is 5.75 Å². The highest BCUT2D eigenvalue weighted by molar-refractivity contribution is 5.99. The summed E-state index contributed by atoms with van der Waals surface area (Å²) in [6, 6.07) is 4.74. The molecule has 4 aromatic rings. The summed E-state index contributed by atoms with van der Waals surface area (Å²) in [5.41, 5.74) is 5.18. The van der Waals surface area contributed by atoms with Gasteiger partial charge in [0.1, 0.15) is 6.54 Å². The highest BCUT2D eigenvalue weighted by atomic mass is 19.4. The summed E-state index contributed by atoms with van der Waals surface area (Å²) in [4.78, 5) is 45.2. The molecule has 234 valence electrons. The number of halogens is 3. The van der Waals surface area contributed by atoms with Gasteiger partial charge in [-0.15, -0.1) is 0 Å². The molecule has 0 saturated heterocycles. The lowest BCUT2D eigenvalue weighted by Crippen LogP contribution is -2.52. The van der Waals surface area contributed by atoms with Crippen LogP contribution in [0.15, 0.2) is 36.9 Å². The summed E-state index contributed by atoms with van der Waals surface area (Å²) in [7, 11) is 0. The Labute approximate surface area is 253 Å². The van der Waals surface area contributed by atoms with Crippen molar-refractivity contribution in [1.82, 2.24) is 34.8 Å². The van der Waals surface area contributed by atoms with Gasteiger partial charge in [-0.25, -0.2) is 9.97 Å². The number of anilines is 2. The second kappa shape index (κ2) is 12.6. The summed E-state index contributed by atoms with van der Waals surface area (Å²) in [5.74, 6) is -0.811. The van der Waals surface area contributed by atoms with Crippen LogP contribution >= 0.6 is 0 Å². The van der Waals surface area contributed by atoms with Gasteiger partial charge in [-0.05, 0) is 31.4 Å². The minimum atomic E-state index is -4.80. The van der Waals surface area contributed by atoms with Crippen molar-refractivity contribution in [3.05, 3.63) is 53.7 Å². The maximum atomic E-state index is 13.8. The van der Waals surface area contributed by atoms with E-state index in [1.165, 1.54) is 35.1 Å². The number of hydrogen-bond donors (Lipinski definition) is 4. The molecular weight excluding hydrogens is 597 g/mol. The Morgan fingerprint density at radius 1 is 1.27 bits per heavy atom. The Hall–Kier alpha value is -5.50. The van der Waals surface area contributed by atoms with Gasteiger partial charge in [0.2, 0.25) is 5.91 Å². The number of nitrogens with zero attached hydrogens (tertiary/aromatic N) is 6. The molecule has 5 N–H and O–H groups in total. The van der Waals surface area contributed by atoms with E-state index in [2.05, 4.69) is 31.0 Å². The van der Waals surface area contributed by atoms with Crippen molar-refractivity contribution in [3.8, 4) is 23.1 Å². The standard InChI is InChI=1S/C28H27F3N10O4/c1-2-17-18(27(44)36-12-22(43)37-16-9-15(33)10-16)3-4-20(23(17)45-14-42)38-25-26-35-11-21(41(26)8-6-34-25)19-13-40(7-5-32)39-24(19)28(29,30)31/h3-4,6,8,11,13-16H,2,7,9-10,12,33H2,1H3,(H,34,38)(H,36,44)(H,37,43). The third-order valence-corrected chi connectivity index (χ3v) is 7.19. The zero-order valence-corrected chi connectivity index (χ0v) is 23.8. The van der Waals surface area contributed by atoms with Crippen molar-refractivity contribution in [2.45, 2.75) is 51.0 Å². The Morgan fingerprint density at radius 3 is 2.71 bits per heavy atom. The molecule has 1 fully saturated rings. The minimum absolute atomic E-state index is 0.0146. The monoisotopic (exact) mass is 624 g/mol. The SMILES string of the molecule is CCc1c(C(=O)NCC(=O)NC2CC(N)C2)ccc(Nc2nccn3c(-c4cn(CC#N)nc4C(F)(F)F)cnc23)c1OC=O. The molecular formula is C28H27F3N10O4. The number of hydrogen-bond acceptors (Lipinski definition) is 10. The second-order valence-electron chi connectivity index (χ2n) is 10.2. The third-order valence-electron chi connectivity index (χ3n) is 7.19. The summed E-state index contributed by atoms with van der Waals surface area (Å²) in [6.45, 7) is 1.28. The minimum Gasteiger partial charge on any atom is -0.426 e. The molecule has 14 nitrogen and oxygen atoms in total. The van der Waals surface area contributed by atoms with Gasteiger partial charge in [-0.3, -0.25) is 23.5 Å². The van der Waals surface area contributed by atoms with Gasteiger partial charge in [-0.1, -0.05) is 6.92 Å². The topological polar surface area (TPSA) is 194 Å². The maximum Gasteiger partial charge on any atom is 0.435 e. The van der Waals surface area contributed by atoms with Crippen LogP contribution in [0.1, 0.15) is 41.4 Å². The largest absolute Gasteiger partial charge is 0.435 e. The molecule has 1 aliphatic carbocycles. The highest BCUT2D eigenvalue weighted by Gasteiger charge is 2.38. The molecule has 1 aromatic carbocycles. The molecule has 0 spiro atoms. The number of rotatable bonds is 11. The Bertz CT molecular complexity index is 1800. The van der Waals surface area contributed by atoms with Crippen LogP contribution < -0.4 is 26.4 Å². The van der Waals surface area contributed by atoms with Gasteiger partial charge < -0.3 is 26.4 Å². The molecule has 0 atom stereocenters. The van der Waals surface area contributed by atoms with E-state index < -0.39 is 17.8 Å². The Balaban J connectivity index is 1.43. The maximum absolute atomic E-state index is 13.8. The van der Waals surface area contributed by atoms with E-state index in [4.69, 9.17) is 15.7 Å². The Kier molecular flexibility index (Phi) is 8.68. The fourth-order valence-electron chi connectivity index (χ4n) is 5.09. The zero-order valence-electron chi connectivity index (χ0n) is 23.8. The molecule has 0 aliphatic heterocycles. The molecule has 45 heavy (non-hydrogen) atoms. The van der Waals surface area contributed by atoms with E-state index in [1.54, 1.807) is 13.0 Å². The molecule has 17 heteroatoms. The molecule has 0 unspecified atom stereocenters. The van der Waals surface area contributed by atoms with Gasteiger partial charge in [0.05, 0.1) is 35.8 Å². The average molecular weight is 625 g/mol. The van der Waals surface area contributed by atoms with Crippen LogP contribution in [0, 0.1) is 11.3 Å². The quantitative estimate of drug-likeness (QED) is 0.180. The fourth-order valence-corrected chi connectivity index (χ4v) is 5.09. The molecule has 5 rings (SSSR count). The number of nitrogens with one attached hydrogen (secondary N) is 3. The van der Waals surface area contributed by atoms with Crippen molar-refractivity contribution in [2.75, 3.05) is 11.9 Å². The number of nitrogens with two attached hydrogens (primary N) is 1. The van der Waals surface area contributed by atoms with Crippen LogP contribution in [0.25, 0.3) is 16.9 Å². The predicted molar refractivity (Wildman–Crippen MR) is 152 cm³/mol. The lowest BCUT2D eigenvalue weighted by Gasteiger charge is -2.32. The van der Waals surface area contributed by atoms with E-state index in [-0.39, 0.29) is 83.7 Å². The van der Waals surface area contributed by atoms with Gasteiger partial charge in [0.15, 0.2) is 22.9 Å². The molecule has 3 aromatic heterocycles. The molecule has 1 saturated carbocycles. The van der Waals surface area contributed by atoms with E-state index in [1.807, 2.05) is 0 Å². The van der Waals surface area contributed by atoms with Crippen molar-refractivity contribution in [2.24, 2.45) is 5.73 Å². The van der Waals surface area contributed by atoms with Crippen molar-refractivity contribution in [3.63, 3.8) is 0 Å². The van der Waals surface area contributed by atoms with Crippen molar-refractivity contribution >= 4 is 35.4 Å². The van der Waals surface area contributed by atoms with Crippen LogP contribution in [-0.4, -0.2) is 61.1 Å². The van der Waals surface area contributed by atoms with Gasteiger partial charge >= 0.3 is 6.18 Å². The Morgan fingerprint density at radius 2 is 2.04 bits per heavy atom. The number of alkyl halides is 3. The van der Waals surface area contributed by atoms with E-state index in [9.17, 15) is 27.6 Å². The lowest BCUT2D eigenvalue weighted by atomic mass is 9.88. The fraction of sp³-hybridized carbons (Fsp3) is 0.321. The van der Waals surface area contributed by atoms with Crippen molar-refractivity contribution in [1.29, 1.82) is 5.26 Å².